The number of halogens is 2. The topological polar surface area (TPSA) is 44.5 Å². The molecule has 0 fully saturated rings. The molecule has 2 rings (SSSR count). The van der Waals surface area contributed by atoms with E-state index < -0.39 is 0 Å². The van der Waals surface area contributed by atoms with Crippen molar-refractivity contribution in [3.05, 3.63) is 56.5 Å². The summed E-state index contributed by atoms with van der Waals surface area (Å²) in [6.45, 7) is 1.01. The molecule has 0 amide bonds. The first kappa shape index (κ1) is 15.4. The quantitative estimate of drug-likeness (QED) is 0.815. The maximum absolute atomic E-state index is 5.81. The largest absolute Gasteiger partial charge is 0.497 e. The van der Waals surface area contributed by atoms with Gasteiger partial charge in [0.15, 0.2) is 0 Å². The molecule has 0 radical (unpaired) electrons. The average molecular weight is 401 g/mol. The van der Waals surface area contributed by atoms with Crippen LogP contribution in [0.5, 0.6) is 11.5 Å². The smallest absolute Gasteiger partial charge is 0.134 e. The lowest BCUT2D eigenvalue weighted by Gasteiger charge is -2.11. The van der Waals surface area contributed by atoms with E-state index in [9.17, 15) is 0 Å². The molecule has 0 spiro atoms. The summed E-state index contributed by atoms with van der Waals surface area (Å²) >= 11 is 7.01. The van der Waals surface area contributed by atoms with Gasteiger partial charge in [0.05, 0.1) is 11.6 Å². The summed E-state index contributed by atoms with van der Waals surface area (Å²) in [5.41, 5.74) is 7.77. The standard InChI is InChI=1S/C15H15Br2NO2/c1-19-12-4-5-15(14(17)7-12)20-9-11-3-2-10(8-18)6-13(11)16/h2-7H,8-9,18H2,1H3. The fourth-order valence-corrected chi connectivity index (χ4v) is 2.73. The Morgan fingerprint density at radius 1 is 1.05 bits per heavy atom. The van der Waals surface area contributed by atoms with E-state index >= 15 is 0 Å². The lowest BCUT2D eigenvalue weighted by Crippen LogP contribution is -2.00. The van der Waals surface area contributed by atoms with Crippen LogP contribution in [0.2, 0.25) is 0 Å². The van der Waals surface area contributed by atoms with Crippen LogP contribution in [0.25, 0.3) is 0 Å². The zero-order chi connectivity index (χ0) is 14.5. The van der Waals surface area contributed by atoms with Crippen LogP contribution in [0, 0.1) is 0 Å². The molecule has 2 aromatic rings. The second kappa shape index (κ2) is 7.11. The van der Waals surface area contributed by atoms with Crippen molar-refractivity contribution in [2.45, 2.75) is 13.2 Å². The molecule has 0 bridgehead atoms. The van der Waals surface area contributed by atoms with Gasteiger partial charge in [-0.15, -0.1) is 0 Å². The van der Waals surface area contributed by atoms with Crippen LogP contribution in [0.15, 0.2) is 45.3 Å². The molecule has 0 saturated carbocycles. The molecule has 5 heteroatoms. The van der Waals surface area contributed by atoms with E-state index in [1.165, 1.54) is 0 Å². The number of hydrogen-bond acceptors (Lipinski definition) is 3. The van der Waals surface area contributed by atoms with Gasteiger partial charge in [-0.05, 0) is 45.8 Å². The van der Waals surface area contributed by atoms with E-state index in [4.69, 9.17) is 15.2 Å². The summed E-state index contributed by atoms with van der Waals surface area (Å²) < 4.78 is 12.8. The highest BCUT2D eigenvalue weighted by molar-refractivity contribution is 9.10. The first-order valence-electron chi connectivity index (χ1n) is 6.07. The number of nitrogens with two attached hydrogens (primary N) is 1. The molecular weight excluding hydrogens is 386 g/mol. The molecule has 2 aromatic carbocycles. The molecule has 0 saturated heterocycles. The van der Waals surface area contributed by atoms with Gasteiger partial charge in [-0.25, -0.2) is 0 Å². The molecule has 0 atom stereocenters. The molecular formula is C15H15Br2NO2. The van der Waals surface area contributed by atoms with Gasteiger partial charge in [-0.3, -0.25) is 0 Å². The predicted octanol–water partition coefficient (Wildman–Crippen LogP) is 4.26. The highest BCUT2D eigenvalue weighted by Gasteiger charge is 2.06. The molecule has 0 aliphatic rings. The van der Waals surface area contributed by atoms with Crippen molar-refractivity contribution < 1.29 is 9.47 Å². The van der Waals surface area contributed by atoms with Gasteiger partial charge in [0.2, 0.25) is 0 Å². The molecule has 106 valence electrons. The van der Waals surface area contributed by atoms with Crippen molar-refractivity contribution in [1.29, 1.82) is 0 Å². The number of benzene rings is 2. The van der Waals surface area contributed by atoms with Gasteiger partial charge < -0.3 is 15.2 Å². The normalized spacial score (nSPS) is 10.4. The minimum absolute atomic E-state index is 0.483. The van der Waals surface area contributed by atoms with Crippen molar-refractivity contribution >= 4 is 31.9 Å². The Bertz CT molecular complexity index is 549. The summed E-state index contributed by atoms with van der Waals surface area (Å²) in [6, 6.07) is 11.7. The Balaban J connectivity index is 2.09. The minimum Gasteiger partial charge on any atom is -0.497 e. The maximum Gasteiger partial charge on any atom is 0.134 e. The predicted molar refractivity (Wildman–Crippen MR) is 87.1 cm³/mol. The number of methoxy groups -OCH3 is 1. The van der Waals surface area contributed by atoms with E-state index in [1.54, 1.807) is 7.11 Å². The lowest BCUT2D eigenvalue weighted by molar-refractivity contribution is 0.302. The van der Waals surface area contributed by atoms with Crippen LogP contribution in [-0.4, -0.2) is 7.11 Å². The summed E-state index contributed by atoms with van der Waals surface area (Å²) in [6.07, 6.45) is 0. The summed E-state index contributed by atoms with van der Waals surface area (Å²) in [4.78, 5) is 0. The van der Waals surface area contributed by atoms with Crippen molar-refractivity contribution in [3.63, 3.8) is 0 Å². The second-order valence-electron chi connectivity index (χ2n) is 4.21. The van der Waals surface area contributed by atoms with Crippen molar-refractivity contribution in [1.82, 2.24) is 0 Å². The monoisotopic (exact) mass is 399 g/mol. The van der Waals surface area contributed by atoms with Gasteiger partial charge in [-0.2, -0.15) is 0 Å². The van der Waals surface area contributed by atoms with Crippen LogP contribution in [-0.2, 0) is 13.2 Å². The molecule has 20 heavy (non-hydrogen) atoms. The Kier molecular flexibility index (Phi) is 5.46. The first-order chi connectivity index (χ1) is 9.63. The van der Waals surface area contributed by atoms with Crippen molar-refractivity contribution in [3.8, 4) is 11.5 Å². The minimum atomic E-state index is 0.483. The zero-order valence-electron chi connectivity index (χ0n) is 11.0. The van der Waals surface area contributed by atoms with E-state index in [1.807, 2.05) is 36.4 Å². The van der Waals surface area contributed by atoms with E-state index in [2.05, 4.69) is 31.9 Å². The molecule has 0 heterocycles. The highest BCUT2D eigenvalue weighted by Crippen LogP contribution is 2.30. The molecule has 0 aromatic heterocycles. The summed E-state index contributed by atoms with van der Waals surface area (Å²) in [7, 11) is 1.64. The second-order valence-corrected chi connectivity index (χ2v) is 5.92. The van der Waals surface area contributed by atoms with Crippen LogP contribution in [0.4, 0.5) is 0 Å². The lowest BCUT2D eigenvalue weighted by atomic mass is 10.1. The van der Waals surface area contributed by atoms with Gasteiger partial charge in [0.1, 0.15) is 18.1 Å². The van der Waals surface area contributed by atoms with Gasteiger partial charge in [-0.1, -0.05) is 28.1 Å². The van der Waals surface area contributed by atoms with E-state index in [0.717, 1.165) is 31.6 Å². The molecule has 0 aliphatic carbocycles. The van der Waals surface area contributed by atoms with Crippen LogP contribution >= 0.6 is 31.9 Å². The Labute approximate surface area is 135 Å². The van der Waals surface area contributed by atoms with Crippen LogP contribution in [0.1, 0.15) is 11.1 Å². The third kappa shape index (κ3) is 3.75. The summed E-state index contributed by atoms with van der Waals surface area (Å²) in [5.74, 6) is 1.57. The fraction of sp³-hybridized carbons (Fsp3) is 0.200. The van der Waals surface area contributed by atoms with Gasteiger partial charge in [0.25, 0.3) is 0 Å². The third-order valence-electron chi connectivity index (χ3n) is 2.88. The first-order valence-corrected chi connectivity index (χ1v) is 7.66. The zero-order valence-corrected chi connectivity index (χ0v) is 14.2. The average Bonchev–Trinajstić information content (AvgIpc) is 2.46. The third-order valence-corrected chi connectivity index (χ3v) is 4.23. The maximum atomic E-state index is 5.81. The van der Waals surface area contributed by atoms with E-state index in [0.29, 0.717) is 13.2 Å². The summed E-state index contributed by atoms with van der Waals surface area (Å²) in [5, 5.41) is 0. The number of rotatable bonds is 5. The van der Waals surface area contributed by atoms with Crippen molar-refractivity contribution in [2.75, 3.05) is 7.11 Å². The number of ether oxygens (including phenoxy) is 2. The molecule has 3 nitrogen and oxygen atoms in total. The number of hydrogen-bond donors (Lipinski definition) is 1. The SMILES string of the molecule is COc1ccc(OCc2ccc(CN)cc2Br)c(Br)c1. The Morgan fingerprint density at radius 3 is 2.45 bits per heavy atom. The van der Waals surface area contributed by atoms with Crippen molar-refractivity contribution in [2.24, 2.45) is 5.73 Å². The van der Waals surface area contributed by atoms with Crippen LogP contribution in [0.3, 0.4) is 0 Å². The Morgan fingerprint density at radius 2 is 1.85 bits per heavy atom. The molecule has 0 aliphatic heterocycles. The van der Waals surface area contributed by atoms with Crippen LogP contribution < -0.4 is 15.2 Å². The fourth-order valence-electron chi connectivity index (χ4n) is 1.72. The molecule has 0 unspecified atom stereocenters. The Hall–Kier alpha value is -1.04. The van der Waals surface area contributed by atoms with E-state index in [-0.39, 0.29) is 0 Å². The molecule has 2 N–H and O–H groups in total. The van der Waals surface area contributed by atoms with Gasteiger partial charge in [0, 0.05) is 16.6 Å². The highest BCUT2D eigenvalue weighted by atomic mass is 79.9. The van der Waals surface area contributed by atoms with Gasteiger partial charge >= 0.3 is 0 Å².